The van der Waals surface area contributed by atoms with Crippen molar-refractivity contribution in [3.8, 4) is 0 Å². The summed E-state index contributed by atoms with van der Waals surface area (Å²) in [6, 6.07) is 7.29. The van der Waals surface area contributed by atoms with E-state index in [0.717, 1.165) is 16.3 Å². The summed E-state index contributed by atoms with van der Waals surface area (Å²) in [5.41, 5.74) is 7.70. The van der Waals surface area contributed by atoms with Crippen molar-refractivity contribution in [2.45, 2.75) is 46.2 Å². The molecule has 31 heavy (non-hydrogen) atoms. The van der Waals surface area contributed by atoms with E-state index in [9.17, 15) is 19.2 Å². The molecule has 0 unspecified atom stereocenters. The Morgan fingerprint density at radius 1 is 1.13 bits per heavy atom. The molecular formula is C22H27N5O4. The van der Waals surface area contributed by atoms with Crippen molar-refractivity contribution < 1.29 is 19.2 Å². The maximum atomic E-state index is 13.0. The zero-order valence-corrected chi connectivity index (χ0v) is 17.9. The first kappa shape index (κ1) is 22.2. The highest BCUT2D eigenvalue weighted by molar-refractivity contribution is 6.22. The van der Waals surface area contributed by atoms with E-state index in [-0.39, 0.29) is 29.9 Å². The third-order valence-electron chi connectivity index (χ3n) is 5.32. The Kier molecular flexibility index (Phi) is 6.53. The average molecular weight is 425 g/mol. The molecule has 0 fully saturated rings. The van der Waals surface area contributed by atoms with Gasteiger partial charge >= 0.3 is 0 Å². The van der Waals surface area contributed by atoms with Crippen molar-refractivity contribution >= 4 is 23.6 Å². The number of nitrogens with one attached hydrogen (secondary N) is 1. The molecule has 2 heterocycles. The molecule has 0 spiro atoms. The van der Waals surface area contributed by atoms with Gasteiger partial charge in [0.15, 0.2) is 0 Å². The summed E-state index contributed by atoms with van der Waals surface area (Å²) in [6.45, 7) is 6.79. The Morgan fingerprint density at radius 2 is 1.74 bits per heavy atom. The molecule has 0 bridgehead atoms. The number of fused-ring (bicyclic) bond motifs is 1. The molecule has 4 amide bonds. The lowest BCUT2D eigenvalue weighted by Crippen LogP contribution is -2.50. The number of rotatable bonds is 9. The van der Waals surface area contributed by atoms with Gasteiger partial charge in [-0.1, -0.05) is 19.1 Å². The van der Waals surface area contributed by atoms with E-state index in [1.165, 1.54) is 0 Å². The van der Waals surface area contributed by atoms with Gasteiger partial charge < -0.3 is 11.1 Å². The van der Waals surface area contributed by atoms with Gasteiger partial charge in [0.2, 0.25) is 11.8 Å². The predicted molar refractivity (Wildman–Crippen MR) is 113 cm³/mol. The summed E-state index contributed by atoms with van der Waals surface area (Å²) in [7, 11) is 0. The van der Waals surface area contributed by atoms with Crippen LogP contribution in [0.15, 0.2) is 30.3 Å². The second-order valence-corrected chi connectivity index (χ2v) is 8.01. The molecule has 0 aliphatic carbocycles. The Hall–Kier alpha value is -3.49. The number of benzene rings is 1. The normalized spacial score (nSPS) is 15.0. The quantitative estimate of drug-likeness (QED) is 0.583. The lowest BCUT2D eigenvalue weighted by Gasteiger charge is -2.26. The van der Waals surface area contributed by atoms with Crippen LogP contribution in [0.5, 0.6) is 0 Å². The average Bonchev–Trinajstić information content (AvgIpc) is 3.16. The van der Waals surface area contributed by atoms with E-state index in [1.54, 1.807) is 24.3 Å². The van der Waals surface area contributed by atoms with Crippen LogP contribution in [0.25, 0.3) is 0 Å². The zero-order chi connectivity index (χ0) is 22.7. The largest absolute Gasteiger partial charge is 0.370 e. The standard InChI is InChI=1S/C22H27N5O4/c1-13(12-26-15(3)10-14(2)25-26)11-24-20(29)18(8-9-19(23)28)27-21(30)16-6-4-5-7-17(16)22(27)31/h4-7,10,13,18H,8-9,11-12H2,1-3H3,(H2,23,28)(H,24,29)/t13-,18-/m1/s1. The highest BCUT2D eigenvalue weighted by Gasteiger charge is 2.42. The van der Waals surface area contributed by atoms with Crippen molar-refractivity contribution in [2.75, 3.05) is 6.54 Å². The van der Waals surface area contributed by atoms with E-state index in [1.807, 2.05) is 31.5 Å². The first-order valence-electron chi connectivity index (χ1n) is 10.2. The maximum absolute atomic E-state index is 13.0. The number of amides is 4. The third-order valence-corrected chi connectivity index (χ3v) is 5.32. The summed E-state index contributed by atoms with van der Waals surface area (Å²) in [4.78, 5) is 50.9. The second kappa shape index (κ2) is 9.11. The fourth-order valence-electron chi connectivity index (χ4n) is 3.76. The fraction of sp³-hybridized carbons (Fsp3) is 0.409. The van der Waals surface area contributed by atoms with Gasteiger partial charge in [0.05, 0.1) is 16.8 Å². The molecule has 2 atom stereocenters. The Morgan fingerprint density at radius 3 is 2.26 bits per heavy atom. The van der Waals surface area contributed by atoms with Gasteiger partial charge in [0.1, 0.15) is 6.04 Å². The number of hydrogen-bond acceptors (Lipinski definition) is 5. The minimum Gasteiger partial charge on any atom is -0.370 e. The van der Waals surface area contributed by atoms with Gasteiger partial charge in [-0.3, -0.25) is 28.8 Å². The monoisotopic (exact) mass is 425 g/mol. The number of hydrogen-bond donors (Lipinski definition) is 2. The summed E-state index contributed by atoms with van der Waals surface area (Å²) in [6.07, 6.45) is -0.148. The van der Waals surface area contributed by atoms with Crippen LogP contribution in [0, 0.1) is 19.8 Å². The molecule has 0 saturated heterocycles. The number of aryl methyl sites for hydroxylation is 2. The summed E-state index contributed by atoms with van der Waals surface area (Å²) < 4.78 is 1.88. The molecule has 1 aliphatic heterocycles. The molecular weight excluding hydrogens is 398 g/mol. The molecule has 9 nitrogen and oxygen atoms in total. The predicted octanol–water partition coefficient (Wildman–Crippen LogP) is 1.18. The van der Waals surface area contributed by atoms with Crippen molar-refractivity contribution in [1.29, 1.82) is 0 Å². The van der Waals surface area contributed by atoms with Gasteiger partial charge in [0.25, 0.3) is 11.8 Å². The van der Waals surface area contributed by atoms with E-state index in [0.29, 0.717) is 13.1 Å². The van der Waals surface area contributed by atoms with Crippen LogP contribution in [0.1, 0.15) is 51.9 Å². The minimum absolute atomic E-state index is 0.0293. The highest BCUT2D eigenvalue weighted by Crippen LogP contribution is 2.26. The van der Waals surface area contributed by atoms with Crippen LogP contribution in [0.4, 0.5) is 0 Å². The zero-order valence-electron chi connectivity index (χ0n) is 17.9. The molecule has 0 radical (unpaired) electrons. The fourth-order valence-corrected chi connectivity index (χ4v) is 3.76. The van der Waals surface area contributed by atoms with Crippen LogP contribution in [-0.4, -0.2) is 50.9 Å². The van der Waals surface area contributed by atoms with E-state index >= 15 is 0 Å². The molecule has 2 aromatic rings. The number of aromatic nitrogens is 2. The molecule has 0 saturated carbocycles. The smallest absolute Gasteiger partial charge is 0.262 e. The summed E-state index contributed by atoms with van der Waals surface area (Å²) in [5, 5.41) is 7.24. The van der Waals surface area contributed by atoms with Gasteiger partial charge in [-0.2, -0.15) is 5.10 Å². The number of carbonyl (C=O) groups excluding carboxylic acids is 4. The van der Waals surface area contributed by atoms with Gasteiger partial charge in [-0.25, -0.2) is 0 Å². The van der Waals surface area contributed by atoms with Crippen molar-refractivity contribution in [3.05, 3.63) is 52.8 Å². The highest BCUT2D eigenvalue weighted by atomic mass is 16.2. The number of nitrogens with two attached hydrogens (primary N) is 1. The van der Waals surface area contributed by atoms with E-state index < -0.39 is 29.7 Å². The van der Waals surface area contributed by atoms with Gasteiger partial charge in [-0.15, -0.1) is 0 Å². The topological polar surface area (TPSA) is 127 Å². The van der Waals surface area contributed by atoms with Crippen molar-refractivity contribution in [3.63, 3.8) is 0 Å². The van der Waals surface area contributed by atoms with Crippen LogP contribution in [-0.2, 0) is 16.1 Å². The number of nitrogens with zero attached hydrogens (tertiary/aromatic N) is 3. The van der Waals surface area contributed by atoms with Crippen LogP contribution in [0.3, 0.4) is 0 Å². The van der Waals surface area contributed by atoms with Crippen molar-refractivity contribution in [1.82, 2.24) is 20.0 Å². The lowest BCUT2D eigenvalue weighted by atomic mass is 10.1. The molecule has 3 rings (SSSR count). The minimum atomic E-state index is -1.11. The molecule has 1 aromatic carbocycles. The maximum Gasteiger partial charge on any atom is 0.262 e. The molecule has 3 N–H and O–H groups in total. The Bertz CT molecular complexity index is 994. The van der Waals surface area contributed by atoms with Gasteiger partial charge in [0, 0.05) is 25.2 Å². The molecule has 9 heteroatoms. The number of imide groups is 1. The SMILES string of the molecule is Cc1cc(C)n(C[C@H](C)CNC(=O)[C@@H](CCC(N)=O)N2C(=O)c3ccccc3C2=O)n1. The molecule has 1 aromatic heterocycles. The lowest BCUT2D eigenvalue weighted by molar-refractivity contribution is -0.125. The summed E-state index contributed by atoms with van der Waals surface area (Å²) in [5.74, 6) is -2.12. The Balaban J connectivity index is 1.71. The first-order valence-corrected chi connectivity index (χ1v) is 10.2. The van der Waals surface area contributed by atoms with Crippen LogP contribution < -0.4 is 11.1 Å². The summed E-state index contributed by atoms with van der Waals surface area (Å²) >= 11 is 0. The first-order chi connectivity index (χ1) is 14.7. The third kappa shape index (κ3) is 4.82. The van der Waals surface area contributed by atoms with Crippen LogP contribution in [0.2, 0.25) is 0 Å². The second-order valence-electron chi connectivity index (χ2n) is 8.01. The number of carbonyl (C=O) groups is 4. The van der Waals surface area contributed by atoms with E-state index in [4.69, 9.17) is 5.73 Å². The number of primary amides is 1. The van der Waals surface area contributed by atoms with Crippen LogP contribution >= 0.6 is 0 Å². The molecule has 164 valence electrons. The Labute approximate surface area is 180 Å². The van der Waals surface area contributed by atoms with Crippen molar-refractivity contribution in [2.24, 2.45) is 11.7 Å². The molecule has 1 aliphatic rings. The van der Waals surface area contributed by atoms with Gasteiger partial charge in [-0.05, 0) is 44.4 Å². The van der Waals surface area contributed by atoms with E-state index in [2.05, 4.69) is 10.4 Å².